The van der Waals surface area contributed by atoms with Crippen molar-refractivity contribution in [3.05, 3.63) is 0 Å². The molecule has 0 amide bonds. The van der Waals surface area contributed by atoms with Crippen LogP contribution in [0.15, 0.2) is 0 Å². The summed E-state index contributed by atoms with van der Waals surface area (Å²) in [5.74, 6) is 5.18. The molecule has 3 rings (SSSR count). The molecule has 0 saturated heterocycles. The van der Waals surface area contributed by atoms with Crippen molar-refractivity contribution in [2.75, 3.05) is 7.05 Å². The second-order valence-electron chi connectivity index (χ2n) is 7.17. The van der Waals surface area contributed by atoms with Gasteiger partial charge in [0.05, 0.1) is 0 Å². The highest BCUT2D eigenvalue weighted by Crippen LogP contribution is 2.51. The number of fused-ring (bicyclic) bond motifs is 2. The summed E-state index contributed by atoms with van der Waals surface area (Å²) < 4.78 is 0. The Hall–Kier alpha value is -0.0400. The Labute approximate surface area is 107 Å². The number of nitrogens with one attached hydrogen (secondary N) is 1. The Bertz CT molecular complexity index is 254. The molecule has 4 unspecified atom stereocenters. The van der Waals surface area contributed by atoms with Crippen molar-refractivity contribution in [3.8, 4) is 0 Å². The van der Waals surface area contributed by atoms with Crippen LogP contribution >= 0.6 is 0 Å². The molecule has 0 spiro atoms. The second-order valence-corrected chi connectivity index (χ2v) is 7.17. The summed E-state index contributed by atoms with van der Waals surface area (Å²) in [5, 5.41) is 3.71. The minimum absolute atomic E-state index is 0.845. The summed E-state index contributed by atoms with van der Waals surface area (Å²) in [5.41, 5.74) is 0. The van der Waals surface area contributed by atoms with Crippen LogP contribution in [-0.4, -0.2) is 13.1 Å². The van der Waals surface area contributed by atoms with E-state index in [-0.39, 0.29) is 0 Å². The third-order valence-corrected chi connectivity index (χ3v) is 6.16. The third-order valence-electron chi connectivity index (χ3n) is 6.16. The van der Waals surface area contributed by atoms with E-state index in [4.69, 9.17) is 0 Å². The zero-order valence-corrected chi connectivity index (χ0v) is 11.6. The maximum atomic E-state index is 3.71. The van der Waals surface area contributed by atoms with Crippen LogP contribution in [0.4, 0.5) is 0 Å². The average molecular weight is 235 g/mol. The molecule has 0 aromatic rings. The minimum Gasteiger partial charge on any atom is -0.316 e. The summed E-state index contributed by atoms with van der Waals surface area (Å²) in [6.45, 7) is 2.43. The minimum atomic E-state index is 0.845. The summed E-state index contributed by atoms with van der Waals surface area (Å²) in [6, 6.07) is 0.845. The highest BCUT2D eigenvalue weighted by atomic mass is 14.9. The first-order chi connectivity index (χ1) is 8.28. The molecule has 3 fully saturated rings. The van der Waals surface area contributed by atoms with Crippen molar-refractivity contribution in [1.82, 2.24) is 5.32 Å². The van der Waals surface area contributed by atoms with Crippen LogP contribution in [0.5, 0.6) is 0 Å². The monoisotopic (exact) mass is 235 g/mol. The molecule has 0 radical (unpaired) electrons. The molecule has 0 aromatic carbocycles. The molecule has 1 nitrogen and oxygen atoms in total. The summed E-state index contributed by atoms with van der Waals surface area (Å²) in [4.78, 5) is 0. The molecule has 0 aromatic heterocycles. The van der Waals surface area contributed by atoms with Gasteiger partial charge in [0.25, 0.3) is 0 Å². The van der Waals surface area contributed by atoms with Gasteiger partial charge in [-0.25, -0.2) is 0 Å². The molecule has 1 N–H and O–H groups in total. The lowest BCUT2D eigenvalue weighted by Gasteiger charge is -2.39. The number of hydrogen-bond donors (Lipinski definition) is 1. The Morgan fingerprint density at radius 3 is 2.24 bits per heavy atom. The fraction of sp³-hybridized carbons (Fsp3) is 1.00. The highest BCUT2D eigenvalue weighted by molar-refractivity contribution is 4.97. The van der Waals surface area contributed by atoms with E-state index in [1.54, 1.807) is 19.3 Å². The number of rotatable bonds is 3. The van der Waals surface area contributed by atoms with Gasteiger partial charge in [0.1, 0.15) is 0 Å². The van der Waals surface area contributed by atoms with Gasteiger partial charge in [0, 0.05) is 6.04 Å². The van der Waals surface area contributed by atoms with Gasteiger partial charge in [-0.1, -0.05) is 26.2 Å². The third kappa shape index (κ3) is 2.28. The van der Waals surface area contributed by atoms with Crippen molar-refractivity contribution >= 4 is 0 Å². The summed E-state index contributed by atoms with van der Waals surface area (Å²) in [6.07, 6.45) is 12.1. The van der Waals surface area contributed by atoms with Crippen molar-refractivity contribution in [1.29, 1.82) is 0 Å². The van der Waals surface area contributed by atoms with Crippen molar-refractivity contribution in [2.45, 2.75) is 64.3 Å². The maximum Gasteiger partial charge on any atom is 0.0123 e. The van der Waals surface area contributed by atoms with Crippen LogP contribution in [0.3, 0.4) is 0 Å². The van der Waals surface area contributed by atoms with E-state index < -0.39 is 0 Å². The lowest BCUT2D eigenvalue weighted by Crippen LogP contribution is -2.43. The van der Waals surface area contributed by atoms with Crippen LogP contribution in [0.2, 0.25) is 0 Å². The van der Waals surface area contributed by atoms with E-state index >= 15 is 0 Å². The van der Waals surface area contributed by atoms with Crippen molar-refractivity contribution < 1.29 is 0 Å². The molecule has 3 saturated carbocycles. The highest BCUT2D eigenvalue weighted by Gasteiger charge is 2.44. The molecule has 3 aliphatic carbocycles. The van der Waals surface area contributed by atoms with Crippen LogP contribution < -0.4 is 5.32 Å². The first kappa shape index (κ1) is 12.0. The molecule has 0 aliphatic heterocycles. The lowest BCUT2D eigenvalue weighted by atomic mass is 9.71. The molecule has 3 aliphatic rings. The molecule has 1 heteroatoms. The SMILES string of the molecule is CNC(C1CCC(C)CC1)C1CC2CCC1C2. The first-order valence-electron chi connectivity index (χ1n) is 7.95. The fourth-order valence-corrected chi connectivity index (χ4v) is 5.18. The molecule has 98 valence electrons. The largest absolute Gasteiger partial charge is 0.316 e. The molecule has 0 heterocycles. The Kier molecular flexibility index (Phi) is 3.47. The zero-order chi connectivity index (χ0) is 11.8. The van der Waals surface area contributed by atoms with Gasteiger partial charge in [-0.15, -0.1) is 0 Å². The van der Waals surface area contributed by atoms with Crippen molar-refractivity contribution in [3.63, 3.8) is 0 Å². The van der Waals surface area contributed by atoms with E-state index in [1.165, 1.54) is 32.1 Å². The fourth-order valence-electron chi connectivity index (χ4n) is 5.18. The Morgan fingerprint density at radius 1 is 0.941 bits per heavy atom. The van der Waals surface area contributed by atoms with Crippen LogP contribution in [0, 0.1) is 29.6 Å². The van der Waals surface area contributed by atoms with E-state index in [1.807, 2.05) is 0 Å². The average Bonchev–Trinajstić information content (AvgIpc) is 2.95. The molecule has 4 atom stereocenters. The van der Waals surface area contributed by atoms with Crippen LogP contribution in [-0.2, 0) is 0 Å². The Balaban J connectivity index is 1.63. The Morgan fingerprint density at radius 2 is 1.71 bits per heavy atom. The van der Waals surface area contributed by atoms with Gasteiger partial charge < -0.3 is 5.32 Å². The summed E-state index contributed by atoms with van der Waals surface area (Å²) >= 11 is 0. The quantitative estimate of drug-likeness (QED) is 0.784. The molecular formula is C16H29N. The normalized spacial score (nSPS) is 47.3. The standard InChI is InChI=1S/C16H29N/c1-11-3-6-13(7-4-11)16(17-2)15-10-12-5-8-14(15)9-12/h11-17H,3-10H2,1-2H3. The van der Waals surface area contributed by atoms with E-state index in [9.17, 15) is 0 Å². The molecular weight excluding hydrogens is 206 g/mol. The van der Waals surface area contributed by atoms with Gasteiger partial charge in [0.2, 0.25) is 0 Å². The van der Waals surface area contributed by atoms with Gasteiger partial charge in [-0.2, -0.15) is 0 Å². The van der Waals surface area contributed by atoms with Gasteiger partial charge in [-0.05, 0) is 68.7 Å². The van der Waals surface area contributed by atoms with Crippen molar-refractivity contribution in [2.24, 2.45) is 29.6 Å². The smallest absolute Gasteiger partial charge is 0.0123 e. The van der Waals surface area contributed by atoms with E-state index in [0.717, 1.165) is 35.6 Å². The van der Waals surface area contributed by atoms with E-state index in [0.29, 0.717) is 0 Å². The number of hydrogen-bond acceptors (Lipinski definition) is 1. The maximum absolute atomic E-state index is 3.71. The predicted molar refractivity (Wildman–Crippen MR) is 72.9 cm³/mol. The zero-order valence-electron chi connectivity index (χ0n) is 11.6. The predicted octanol–water partition coefficient (Wildman–Crippen LogP) is 3.84. The molecule has 2 bridgehead atoms. The molecule has 17 heavy (non-hydrogen) atoms. The summed E-state index contributed by atoms with van der Waals surface area (Å²) in [7, 11) is 2.22. The van der Waals surface area contributed by atoms with Crippen LogP contribution in [0.1, 0.15) is 58.3 Å². The van der Waals surface area contributed by atoms with E-state index in [2.05, 4.69) is 19.3 Å². The van der Waals surface area contributed by atoms with Gasteiger partial charge in [-0.3, -0.25) is 0 Å². The lowest BCUT2D eigenvalue weighted by molar-refractivity contribution is 0.152. The van der Waals surface area contributed by atoms with Gasteiger partial charge >= 0.3 is 0 Å². The topological polar surface area (TPSA) is 12.0 Å². The first-order valence-corrected chi connectivity index (χ1v) is 7.95. The van der Waals surface area contributed by atoms with Crippen LogP contribution in [0.25, 0.3) is 0 Å². The second kappa shape index (κ2) is 4.91. The van der Waals surface area contributed by atoms with Gasteiger partial charge in [0.15, 0.2) is 0 Å².